The Bertz CT molecular complexity index is 1170. The topological polar surface area (TPSA) is 47.9 Å². The van der Waals surface area contributed by atoms with Gasteiger partial charge in [0.05, 0.1) is 22.6 Å². The highest BCUT2D eigenvalue weighted by Gasteiger charge is 2.44. The third kappa shape index (κ3) is 2.26. The summed E-state index contributed by atoms with van der Waals surface area (Å²) in [6.07, 6.45) is 0. The van der Waals surface area contributed by atoms with Crippen LogP contribution in [0.4, 0.5) is 5.69 Å². The molecule has 28 heavy (non-hydrogen) atoms. The predicted molar refractivity (Wildman–Crippen MR) is 108 cm³/mol. The minimum atomic E-state index is -0.324. The van der Waals surface area contributed by atoms with Crippen LogP contribution in [0.2, 0.25) is 0 Å². The van der Waals surface area contributed by atoms with Crippen molar-refractivity contribution in [2.45, 2.75) is 10.1 Å². The van der Waals surface area contributed by atoms with Crippen molar-refractivity contribution in [1.82, 2.24) is 0 Å². The maximum absolute atomic E-state index is 13.4. The fourth-order valence-corrected chi connectivity index (χ4v) is 5.46. The Balaban J connectivity index is 1.57. The molecule has 2 heterocycles. The standard InChI is InChI=1S/C23H15NO3S/c25-22-15-6-2-1-5-14(15)21-20(22)23(28-19-8-4-3-7-16(19)24-21)13-9-10-17-18(11-13)27-12-26-17/h1-11,20,23H,12H2/t20?,23-/m1/s1. The summed E-state index contributed by atoms with van der Waals surface area (Å²) in [5, 5.41) is -0.0863. The second-order valence-electron chi connectivity index (χ2n) is 7.00. The second-order valence-corrected chi connectivity index (χ2v) is 8.19. The van der Waals surface area contributed by atoms with Crippen LogP contribution in [0.1, 0.15) is 26.7 Å². The molecule has 0 N–H and O–H groups in total. The number of benzene rings is 3. The largest absolute Gasteiger partial charge is 0.454 e. The van der Waals surface area contributed by atoms with Crippen molar-refractivity contribution in [3.63, 3.8) is 0 Å². The van der Waals surface area contributed by atoms with E-state index < -0.39 is 0 Å². The minimum absolute atomic E-state index is 0.0863. The number of para-hydroxylation sites is 1. The zero-order valence-electron chi connectivity index (χ0n) is 14.8. The van der Waals surface area contributed by atoms with Gasteiger partial charge in [-0.1, -0.05) is 42.5 Å². The molecule has 0 amide bonds. The van der Waals surface area contributed by atoms with Crippen LogP contribution in [0.25, 0.3) is 0 Å². The van der Waals surface area contributed by atoms with E-state index in [0.29, 0.717) is 0 Å². The molecule has 2 atom stereocenters. The molecule has 0 saturated heterocycles. The number of aliphatic imine (C=N–C) groups is 1. The van der Waals surface area contributed by atoms with Crippen LogP contribution in [0, 0.1) is 5.92 Å². The molecule has 1 unspecified atom stereocenters. The predicted octanol–water partition coefficient (Wildman–Crippen LogP) is 5.20. The number of hydrogen-bond donors (Lipinski definition) is 0. The van der Waals surface area contributed by atoms with Crippen molar-refractivity contribution in [2.75, 3.05) is 6.79 Å². The lowest BCUT2D eigenvalue weighted by Gasteiger charge is -2.21. The number of thioether (sulfide) groups is 1. The van der Waals surface area contributed by atoms with Gasteiger partial charge in [0, 0.05) is 16.0 Å². The van der Waals surface area contributed by atoms with Gasteiger partial charge in [0.25, 0.3) is 0 Å². The number of Topliss-reactive ketones (excluding diaryl/α,β-unsaturated/α-hetero) is 1. The van der Waals surface area contributed by atoms with Crippen LogP contribution in [0.5, 0.6) is 11.5 Å². The number of carbonyl (C=O) groups excluding carboxylic acids is 1. The van der Waals surface area contributed by atoms with E-state index in [9.17, 15) is 4.79 Å². The van der Waals surface area contributed by atoms with Crippen molar-refractivity contribution >= 4 is 28.9 Å². The van der Waals surface area contributed by atoms with Crippen LogP contribution in [-0.2, 0) is 0 Å². The number of ether oxygens (including phenoxy) is 2. The molecule has 0 spiro atoms. The normalized spacial score (nSPS) is 21.4. The summed E-state index contributed by atoms with van der Waals surface area (Å²) >= 11 is 1.70. The lowest BCUT2D eigenvalue weighted by Crippen LogP contribution is -2.21. The van der Waals surface area contributed by atoms with Crippen molar-refractivity contribution in [2.24, 2.45) is 10.9 Å². The molecule has 0 bridgehead atoms. The van der Waals surface area contributed by atoms with Crippen LogP contribution < -0.4 is 9.47 Å². The SMILES string of the molecule is O=C1c2ccccc2C2=Nc3ccccc3S[C@H](c3ccc4c(c3)OCO4)C12. The van der Waals surface area contributed by atoms with E-state index in [4.69, 9.17) is 14.5 Å². The van der Waals surface area contributed by atoms with Gasteiger partial charge in [0.15, 0.2) is 17.3 Å². The van der Waals surface area contributed by atoms with Gasteiger partial charge in [-0.25, -0.2) is 0 Å². The summed E-state index contributed by atoms with van der Waals surface area (Å²) in [6.45, 7) is 0.236. The van der Waals surface area contributed by atoms with Crippen molar-refractivity contribution < 1.29 is 14.3 Å². The third-order valence-corrected chi connectivity index (χ3v) is 6.83. The average Bonchev–Trinajstić information content (AvgIpc) is 3.25. The molecule has 136 valence electrons. The number of ketones is 1. The highest BCUT2D eigenvalue weighted by atomic mass is 32.2. The van der Waals surface area contributed by atoms with Crippen molar-refractivity contribution in [1.29, 1.82) is 0 Å². The summed E-state index contributed by atoms with van der Waals surface area (Å²) in [6, 6.07) is 21.8. The quantitative estimate of drug-likeness (QED) is 0.578. The van der Waals surface area contributed by atoms with Gasteiger partial charge in [-0.15, -0.1) is 11.8 Å². The first-order valence-electron chi connectivity index (χ1n) is 9.17. The molecule has 0 saturated carbocycles. The number of carbonyl (C=O) groups is 1. The van der Waals surface area contributed by atoms with Gasteiger partial charge in [-0.2, -0.15) is 0 Å². The Hall–Kier alpha value is -3.05. The molecule has 5 heteroatoms. The van der Waals surface area contributed by atoms with Crippen LogP contribution in [0.3, 0.4) is 0 Å². The molecule has 3 aromatic rings. The lowest BCUT2D eigenvalue weighted by molar-refractivity contribution is 0.0960. The Morgan fingerprint density at radius 1 is 0.893 bits per heavy atom. The van der Waals surface area contributed by atoms with Gasteiger partial charge < -0.3 is 9.47 Å². The van der Waals surface area contributed by atoms with E-state index in [-0.39, 0.29) is 23.7 Å². The smallest absolute Gasteiger partial charge is 0.231 e. The second kappa shape index (κ2) is 5.97. The molecule has 1 aliphatic carbocycles. The summed E-state index contributed by atoms with van der Waals surface area (Å²) in [7, 11) is 0. The van der Waals surface area contributed by atoms with Crippen LogP contribution in [0.15, 0.2) is 76.6 Å². The highest BCUT2D eigenvalue weighted by Crippen LogP contribution is 2.52. The first-order valence-corrected chi connectivity index (χ1v) is 10.0. The van der Waals surface area contributed by atoms with Gasteiger partial charge in [0.1, 0.15) is 0 Å². The summed E-state index contributed by atoms with van der Waals surface area (Å²) in [4.78, 5) is 19.4. The summed E-state index contributed by atoms with van der Waals surface area (Å²) in [5.41, 5.74) is 4.53. The maximum atomic E-state index is 13.4. The molecule has 0 aromatic heterocycles. The third-order valence-electron chi connectivity index (χ3n) is 5.43. The zero-order valence-corrected chi connectivity index (χ0v) is 15.6. The molecule has 3 aliphatic rings. The minimum Gasteiger partial charge on any atom is -0.454 e. The number of fused-ring (bicyclic) bond motifs is 5. The lowest BCUT2D eigenvalue weighted by atomic mass is 9.93. The van der Waals surface area contributed by atoms with Gasteiger partial charge in [-0.05, 0) is 29.8 Å². The van der Waals surface area contributed by atoms with Gasteiger partial charge in [0.2, 0.25) is 6.79 Å². The Labute approximate surface area is 166 Å². The molecule has 0 radical (unpaired) electrons. The maximum Gasteiger partial charge on any atom is 0.231 e. The fourth-order valence-electron chi connectivity index (χ4n) is 4.13. The average molecular weight is 385 g/mol. The Kier molecular flexibility index (Phi) is 3.40. The summed E-state index contributed by atoms with van der Waals surface area (Å²) < 4.78 is 11.0. The van der Waals surface area contributed by atoms with Crippen molar-refractivity contribution in [3.8, 4) is 11.5 Å². The van der Waals surface area contributed by atoms with E-state index in [2.05, 4.69) is 6.07 Å². The first kappa shape index (κ1) is 16.0. The molecular formula is C23H15NO3S. The molecule has 0 fully saturated rings. The molecule has 4 nitrogen and oxygen atoms in total. The highest BCUT2D eigenvalue weighted by molar-refractivity contribution is 7.99. The number of rotatable bonds is 1. The van der Waals surface area contributed by atoms with Gasteiger partial charge >= 0.3 is 0 Å². The molecule has 6 rings (SSSR count). The molecule has 2 aliphatic heterocycles. The monoisotopic (exact) mass is 385 g/mol. The first-order chi connectivity index (χ1) is 13.8. The zero-order chi connectivity index (χ0) is 18.7. The molecular weight excluding hydrogens is 370 g/mol. The van der Waals surface area contributed by atoms with E-state index in [1.165, 1.54) is 0 Å². The van der Waals surface area contributed by atoms with Crippen LogP contribution >= 0.6 is 11.8 Å². The summed E-state index contributed by atoms with van der Waals surface area (Å²) in [5.74, 6) is 1.29. The molecule has 3 aromatic carbocycles. The van der Waals surface area contributed by atoms with Gasteiger partial charge in [-0.3, -0.25) is 9.79 Å². The van der Waals surface area contributed by atoms with E-state index in [0.717, 1.165) is 44.5 Å². The van der Waals surface area contributed by atoms with E-state index in [1.54, 1.807) is 11.8 Å². The van der Waals surface area contributed by atoms with E-state index >= 15 is 0 Å². The number of nitrogens with zero attached hydrogens (tertiary/aromatic N) is 1. The van der Waals surface area contributed by atoms with E-state index in [1.807, 2.05) is 60.7 Å². The number of hydrogen-bond acceptors (Lipinski definition) is 5. The Morgan fingerprint density at radius 3 is 2.61 bits per heavy atom. The van der Waals surface area contributed by atoms with Crippen molar-refractivity contribution in [3.05, 3.63) is 83.4 Å². The van der Waals surface area contributed by atoms with Crippen LogP contribution in [-0.4, -0.2) is 18.3 Å². The fraction of sp³-hybridized carbons (Fsp3) is 0.130. The Morgan fingerprint density at radius 2 is 1.68 bits per heavy atom.